The maximum absolute atomic E-state index is 6.06. The van der Waals surface area contributed by atoms with Gasteiger partial charge in [-0.05, 0) is 50.5 Å². The fourth-order valence-electron chi connectivity index (χ4n) is 3.89. The molecule has 0 aliphatic heterocycles. The van der Waals surface area contributed by atoms with Crippen molar-refractivity contribution in [1.29, 1.82) is 0 Å². The van der Waals surface area contributed by atoms with Gasteiger partial charge in [0.15, 0.2) is 0 Å². The third kappa shape index (κ3) is 1.89. The fraction of sp³-hybridized carbons (Fsp3) is 0.625. The molecule has 2 N–H and O–H groups in total. The van der Waals surface area contributed by atoms with E-state index < -0.39 is 0 Å². The molecule has 0 bridgehead atoms. The first-order valence-electron chi connectivity index (χ1n) is 7.58. The molecule has 1 fully saturated rings. The Kier molecular flexibility index (Phi) is 3.19. The summed E-state index contributed by atoms with van der Waals surface area (Å²) < 4.78 is 2.42. The van der Waals surface area contributed by atoms with Crippen molar-refractivity contribution >= 4 is 16.9 Å². The van der Waals surface area contributed by atoms with E-state index in [-0.39, 0.29) is 0 Å². The Bertz CT molecular complexity index is 643. The molecule has 20 heavy (non-hydrogen) atoms. The van der Waals surface area contributed by atoms with Crippen LogP contribution in [0.25, 0.3) is 11.0 Å². The quantitative estimate of drug-likeness (QED) is 0.862. The highest BCUT2D eigenvalue weighted by atomic mass is 15.1. The van der Waals surface area contributed by atoms with E-state index in [1.54, 1.807) is 6.33 Å². The number of nitrogens with zero attached hydrogens (tertiary/aromatic N) is 3. The number of rotatable bonds is 1. The second kappa shape index (κ2) is 4.76. The molecule has 2 aromatic rings. The Hall–Kier alpha value is -1.58. The molecule has 1 saturated carbocycles. The summed E-state index contributed by atoms with van der Waals surface area (Å²) in [6, 6.07) is 0.539. The first kappa shape index (κ1) is 13.4. The van der Waals surface area contributed by atoms with Crippen LogP contribution in [0, 0.1) is 25.7 Å². The number of hydrogen-bond donors (Lipinski definition) is 1. The van der Waals surface area contributed by atoms with Crippen molar-refractivity contribution in [2.24, 2.45) is 11.8 Å². The molecule has 3 rings (SSSR count). The van der Waals surface area contributed by atoms with Crippen molar-refractivity contribution in [3.05, 3.63) is 17.6 Å². The summed E-state index contributed by atoms with van der Waals surface area (Å²) in [7, 11) is 0. The monoisotopic (exact) mass is 272 g/mol. The van der Waals surface area contributed by atoms with E-state index in [2.05, 4.69) is 42.2 Å². The van der Waals surface area contributed by atoms with Crippen molar-refractivity contribution in [3.63, 3.8) is 0 Å². The van der Waals surface area contributed by atoms with Crippen molar-refractivity contribution < 1.29 is 0 Å². The zero-order chi connectivity index (χ0) is 14.4. The Morgan fingerprint density at radius 3 is 2.65 bits per heavy atom. The molecule has 0 aromatic carbocycles. The smallest absolute Gasteiger partial charge is 0.146 e. The lowest BCUT2D eigenvalue weighted by atomic mass is 9.79. The molecule has 108 valence electrons. The van der Waals surface area contributed by atoms with Crippen LogP contribution in [0.15, 0.2) is 6.33 Å². The van der Waals surface area contributed by atoms with Gasteiger partial charge in [0.2, 0.25) is 0 Å². The summed E-state index contributed by atoms with van der Waals surface area (Å²) in [6.07, 6.45) is 5.41. The van der Waals surface area contributed by atoms with Gasteiger partial charge in [-0.15, -0.1) is 0 Å². The lowest BCUT2D eigenvalue weighted by molar-refractivity contribution is 0.209. The molecule has 0 saturated heterocycles. The van der Waals surface area contributed by atoms with Crippen LogP contribution in [0.4, 0.5) is 5.82 Å². The minimum absolute atomic E-state index is 0.539. The van der Waals surface area contributed by atoms with Crippen molar-refractivity contribution in [3.8, 4) is 0 Å². The number of aryl methyl sites for hydroxylation is 1. The molecule has 2 aromatic heterocycles. The molecule has 3 atom stereocenters. The summed E-state index contributed by atoms with van der Waals surface area (Å²) in [5, 5.41) is 1.04. The molecular weight excluding hydrogens is 248 g/mol. The number of hydrogen-bond acceptors (Lipinski definition) is 3. The van der Waals surface area contributed by atoms with Gasteiger partial charge in [-0.25, -0.2) is 9.97 Å². The molecule has 0 amide bonds. The first-order valence-corrected chi connectivity index (χ1v) is 7.58. The third-order valence-corrected chi connectivity index (χ3v) is 5.08. The average molecular weight is 272 g/mol. The Morgan fingerprint density at radius 2 is 1.95 bits per heavy atom. The minimum atomic E-state index is 0.539. The van der Waals surface area contributed by atoms with Gasteiger partial charge in [-0.1, -0.05) is 13.8 Å². The van der Waals surface area contributed by atoms with Gasteiger partial charge in [-0.3, -0.25) is 0 Å². The standard InChI is InChI=1S/C16H24N4/c1-9-5-6-13(10(2)7-9)20-12(4)11(3)14-15(17)18-8-19-16(14)20/h8-10,13H,5-7H2,1-4H3,(H2,17,18,19). The molecule has 1 aliphatic carbocycles. The molecule has 1 aliphatic rings. The summed E-state index contributed by atoms with van der Waals surface area (Å²) in [4.78, 5) is 8.68. The molecule has 3 unspecified atom stereocenters. The van der Waals surface area contributed by atoms with E-state index in [1.165, 1.54) is 30.5 Å². The largest absolute Gasteiger partial charge is 0.383 e. The number of anilines is 1. The van der Waals surface area contributed by atoms with Crippen molar-refractivity contribution in [2.45, 2.75) is 53.0 Å². The predicted octanol–water partition coefficient (Wildman–Crippen LogP) is 3.63. The Labute approximate surface area is 120 Å². The predicted molar refractivity (Wildman–Crippen MR) is 82.6 cm³/mol. The third-order valence-electron chi connectivity index (χ3n) is 5.08. The molecule has 0 radical (unpaired) electrons. The SMILES string of the molecule is Cc1c(C)n(C2CCC(C)CC2C)c2ncnc(N)c12. The van der Waals surface area contributed by atoms with Crippen LogP contribution in [-0.2, 0) is 0 Å². The van der Waals surface area contributed by atoms with Crippen LogP contribution in [0.1, 0.15) is 50.4 Å². The maximum Gasteiger partial charge on any atom is 0.146 e. The zero-order valence-corrected chi connectivity index (χ0v) is 12.8. The summed E-state index contributed by atoms with van der Waals surface area (Å²) in [6.45, 7) is 9.04. The highest BCUT2D eigenvalue weighted by Gasteiger charge is 2.30. The zero-order valence-electron chi connectivity index (χ0n) is 12.8. The molecular formula is C16H24N4. The van der Waals surface area contributed by atoms with Crippen molar-refractivity contribution in [1.82, 2.24) is 14.5 Å². The second-order valence-electron chi connectivity index (χ2n) is 6.50. The van der Waals surface area contributed by atoms with Crippen LogP contribution in [0.5, 0.6) is 0 Å². The van der Waals surface area contributed by atoms with E-state index in [4.69, 9.17) is 5.73 Å². The van der Waals surface area contributed by atoms with E-state index in [1.807, 2.05) is 0 Å². The lowest BCUT2D eigenvalue weighted by Crippen LogP contribution is -2.25. The van der Waals surface area contributed by atoms with Gasteiger partial charge in [0, 0.05) is 11.7 Å². The molecule has 4 heteroatoms. The van der Waals surface area contributed by atoms with Gasteiger partial charge in [-0.2, -0.15) is 0 Å². The maximum atomic E-state index is 6.06. The Balaban J connectivity index is 2.17. The molecule has 2 heterocycles. The van der Waals surface area contributed by atoms with Crippen LogP contribution < -0.4 is 5.73 Å². The van der Waals surface area contributed by atoms with Crippen LogP contribution in [-0.4, -0.2) is 14.5 Å². The van der Waals surface area contributed by atoms with E-state index in [9.17, 15) is 0 Å². The molecule has 4 nitrogen and oxygen atoms in total. The fourth-order valence-corrected chi connectivity index (χ4v) is 3.89. The minimum Gasteiger partial charge on any atom is -0.383 e. The topological polar surface area (TPSA) is 56.7 Å². The van der Waals surface area contributed by atoms with Gasteiger partial charge < -0.3 is 10.3 Å². The number of fused-ring (bicyclic) bond motifs is 1. The van der Waals surface area contributed by atoms with E-state index >= 15 is 0 Å². The van der Waals surface area contributed by atoms with Gasteiger partial charge in [0.1, 0.15) is 17.8 Å². The number of aromatic nitrogens is 3. The van der Waals surface area contributed by atoms with Gasteiger partial charge in [0.05, 0.1) is 5.39 Å². The normalized spacial score (nSPS) is 27.1. The van der Waals surface area contributed by atoms with Crippen LogP contribution >= 0.6 is 0 Å². The number of nitrogens with two attached hydrogens (primary N) is 1. The van der Waals surface area contributed by atoms with Gasteiger partial charge in [0.25, 0.3) is 0 Å². The van der Waals surface area contributed by atoms with Crippen LogP contribution in [0.3, 0.4) is 0 Å². The van der Waals surface area contributed by atoms with Crippen LogP contribution in [0.2, 0.25) is 0 Å². The van der Waals surface area contributed by atoms with Crippen molar-refractivity contribution in [2.75, 3.05) is 5.73 Å². The first-order chi connectivity index (χ1) is 9.50. The second-order valence-corrected chi connectivity index (χ2v) is 6.50. The summed E-state index contributed by atoms with van der Waals surface area (Å²) in [5.41, 5.74) is 9.59. The average Bonchev–Trinajstić information content (AvgIpc) is 2.64. The van der Waals surface area contributed by atoms with E-state index in [0.717, 1.165) is 17.0 Å². The van der Waals surface area contributed by atoms with Gasteiger partial charge >= 0.3 is 0 Å². The van der Waals surface area contributed by atoms with E-state index in [0.29, 0.717) is 17.8 Å². The number of nitrogen functional groups attached to an aromatic ring is 1. The summed E-state index contributed by atoms with van der Waals surface area (Å²) >= 11 is 0. The summed E-state index contributed by atoms with van der Waals surface area (Å²) in [5.74, 6) is 2.12. The lowest BCUT2D eigenvalue weighted by Gasteiger charge is -2.34. The Morgan fingerprint density at radius 1 is 1.20 bits per heavy atom. The highest BCUT2D eigenvalue weighted by molar-refractivity contribution is 5.90. The highest BCUT2D eigenvalue weighted by Crippen LogP contribution is 2.40. The molecule has 0 spiro atoms.